The van der Waals surface area contributed by atoms with Gasteiger partial charge in [-0.2, -0.15) is 0 Å². The molecule has 0 aromatic heterocycles. The Bertz CT molecular complexity index is 1300. The van der Waals surface area contributed by atoms with E-state index in [-0.39, 0.29) is 18.9 Å². The molecule has 12 atom stereocenters. The Balaban J connectivity index is 1.83. The average Bonchev–Trinajstić information content (AvgIpc) is 3.35. The molecule has 0 aromatic carbocycles. The van der Waals surface area contributed by atoms with Crippen molar-refractivity contribution in [2.75, 3.05) is 19.8 Å². The fourth-order valence-electron chi connectivity index (χ4n) is 9.01. The highest BCUT2D eigenvalue weighted by atomic mass is 16.7. The van der Waals surface area contributed by atoms with E-state index in [9.17, 15) is 45.6 Å². The van der Waals surface area contributed by atoms with Crippen molar-refractivity contribution in [2.24, 2.45) is 0 Å². The zero-order valence-electron chi connectivity index (χ0n) is 43.1. The number of ether oxygens (including phenoxy) is 4. The highest BCUT2D eigenvalue weighted by Gasteiger charge is 2.51. The van der Waals surface area contributed by atoms with Crippen LogP contribution in [0.4, 0.5) is 0 Å². The molecule has 404 valence electrons. The van der Waals surface area contributed by atoms with Gasteiger partial charge in [0.1, 0.15) is 48.8 Å². The molecule has 0 radical (unpaired) electrons. The van der Waals surface area contributed by atoms with Gasteiger partial charge in [0, 0.05) is 6.42 Å². The predicted octanol–water partition coefficient (Wildman–Crippen LogP) is 8.27. The highest BCUT2D eigenvalue weighted by Crippen LogP contribution is 2.30. The molecule has 0 spiro atoms. The molecule has 9 N–H and O–H groups in total. The second-order valence-corrected chi connectivity index (χ2v) is 19.7. The number of unbranched alkanes of at least 4 members (excludes halogenated alkanes) is 26. The summed E-state index contributed by atoms with van der Waals surface area (Å²) in [5.41, 5.74) is 0. The summed E-state index contributed by atoms with van der Waals surface area (Å²) in [6.45, 7) is 2.77. The van der Waals surface area contributed by atoms with Crippen LogP contribution in [0.1, 0.15) is 213 Å². The Morgan fingerprint density at radius 3 is 1.42 bits per heavy atom. The second kappa shape index (κ2) is 41.7. The van der Waals surface area contributed by atoms with Crippen molar-refractivity contribution in [3.05, 3.63) is 36.5 Å². The number of rotatable bonds is 43. The zero-order valence-corrected chi connectivity index (χ0v) is 43.1. The molecule has 12 unspecified atom stereocenters. The van der Waals surface area contributed by atoms with Crippen molar-refractivity contribution in [1.82, 2.24) is 5.32 Å². The Morgan fingerprint density at radius 2 is 0.928 bits per heavy atom. The van der Waals surface area contributed by atoms with Crippen molar-refractivity contribution in [2.45, 2.75) is 286 Å². The van der Waals surface area contributed by atoms with E-state index in [1.54, 1.807) is 6.08 Å². The molecule has 2 aliphatic heterocycles. The lowest BCUT2D eigenvalue weighted by Crippen LogP contribution is -2.65. The van der Waals surface area contributed by atoms with Crippen LogP contribution in [0.15, 0.2) is 36.5 Å². The molecule has 69 heavy (non-hydrogen) atoms. The molecule has 0 aromatic rings. The van der Waals surface area contributed by atoms with Crippen LogP contribution < -0.4 is 5.32 Å². The predicted molar refractivity (Wildman–Crippen MR) is 272 cm³/mol. The Hall–Kier alpha value is -1.79. The maximum atomic E-state index is 13.2. The van der Waals surface area contributed by atoms with E-state index in [2.05, 4.69) is 43.5 Å². The molecule has 0 aliphatic carbocycles. The number of carbonyl (C=O) groups is 1. The Morgan fingerprint density at radius 1 is 0.507 bits per heavy atom. The van der Waals surface area contributed by atoms with Crippen LogP contribution in [0, 0.1) is 0 Å². The molecule has 14 heteroatoms. The van der Waals surface area contributed by atoms with E-state index in [1.807, 2.05) is 6.08 Å². The average molecular weight is 984 g/mol. The summed E-state index contributed by atoms with van der Waals surface area (Å²) < 4.78 is 22.7. The van der Waals surface area contributed by atoms with Crippen LogP contribution in [0.2, 0.25) is 0 Å². The summed E-state index contributed by atoms with van der Waals surface area (Å²) in [4.78, 5) is 13.2. The maximum Gasteiger partial charge on any atom is 0.220 e. The number of aliphatic hydroxyl groups is 8. The van der Waals surface area contributed by atoms with Gasteiger partial charge in [-0.15, -0.1) is 0 Å². The topological polar surface area (TPSA) is 228 Å². The smallest absolute Gasteiger partial charge is 0.220 e. The minimum Gasteiger partial charge on any atom is -0.394 e. The monoisotopic (exact) mass is 984 g/mol. The fourth-order valence-corrected chi connectivity index (χ4v) is 9.01. The number of aliphatic hydroxyl groups excluding tert-OH is 8. The summed E-state index contributed by atoms with van der Waals surface area (Å²) in [6.07, 6.45) is 31.8. The van der Waals surface area contributed by atoms with Crippen LogP contribution >= 0.6 is 0 Å². The van der Waals surface area contributed by atoms with Crippen molar-refractivity contribution < 1.29 is 64.6 Å². The van der Waals surface area contributed by atoms with E-state index in [0.717, 1.165) is 38.5 Å². The van der Waals surface area contributed by atoms with Gasteiger partial charge in [-0.25, -0.2) is 0 Å². The molecule has 2 aliphatic rings. The highest BCUT2D eigenvalue weighted by molar-refractivity contribution is 5.76. The first-order valence-electron chi connectivity index (χ1n) is 27.7. The lowest BCUT2D eigenvalue weighted by atomic mass is 9.97. The summed E-state index contributed by atoms with van der Waals surface area (Å²) in [7, 11) is 0. The van der Waals surface area contributed by atoms with Crippen molar-refractivity contribution in [3.8, 4) is 0 Å². The summed E-state index contributed by atoms with van der Waals surface area (Å²) >= 11 is 0. The van der Waals surface area contributed by atoms with Gasteiger partial charge in [-0.3, -0.25) is 4.79 Å². The molecule has 14 nitrogen and oxygen atoms in total. The molecule has 0 bridgehead atoms. The Labute approximate surface area is 417 Å². The number of allylic oxidation sites excluding steroid dienone is 5. The second-order valence-electron chi connectivity index (χ2n) is 19.7. The normalized spacial score (nSPS) is 26.4. The van der Waals surface area contributed by atoms with Gasteiger partial charge < -0.3 is 65.1 Å². The van der Waals surface area contributed by atoms with Gasteiger partial charge in [0.05, 0.1) is 32.0 Å². The van der Waals surface area contributed by atoms with Gasteiger partial charge in [0.2, 0.25) is 5.91 Å². The number of carbonyl (C=O) groups excluding carboxylic acids is 1. The van der Waals surface area contributed by atoms with Crippen molar-refractivity contribution in [1.29, 1.82) is 0 Å². The minimum atomic E-state index is -1.79. The van der Waals surface area contributed by atoms with Gasteiger partial charge in [0.25, 0.3) is 0 Å². The third kappa shape index (κ3) is 28.3. The van der Waals surface area contributed by atoms with Crippen LogP contribution in [0.3, 0.4) is 0 Å². The molecular weight excluding hydrogens is 883 g/mol. The molecule has 2 rings (SSSR count). The largest absolute Gasteiger partial charge is 0.394 e. The quantitative estimate of drug-likeness (QED) is 0.0207. The molecule has 1 amide bonds. The summed E-state index contributed by atoms with van der Waals surface area (Å²) in [5.74, 6) is -0.254. The SMILES string of the molecule is CCCCCCCC/C=C\CCCCCCCCCC(=O)NC(COC1OC(CO)C(OC2OC(CO)C(O)C(O)C2O)C(O)C1O)C(O)/C=C/CC/C=C/CCCCCCCCCCCCCC. The molecule has 2 fully saturated rings. The van der Waals surface area contributed by atoms with E-state index in [4.69, 9.17) is 18.9 Å². The third-order valence-electron chi connectivity index (χ3n) is 13.5. The summed E-state index contributed by atoms with van der Waals surface area (Å²) in [5, 5.41) is 86.9. The maximum absolute atomic E-state index is 13.2. The lowest BCUT2D eigenvalue weighted by molar-refractivity contribution is -0.359. The van der Waals surface area contributed by atoms with Gasteiger partial charge in [-0.1, -0.05) is 185 Å². The van der Waals surface area contributed by atoms with Crippen LogP contribution in [-0.2, 0) is 23.7 Å². The standard InChI is InChI=1S/C55H101NO13/c1-3-5-7-9-11-13-15-17-19-21-23-24-26-28-30-32-34-36-38-44(59)43(56-47(60)39-37-35-33-31-29-27-25-22-20-18-16-14-12-10-8-6-4-2)42-66-54-52(65)50(63)53(46(41-58)68-54)69-55-51(64)49(62)48(61)45(40-57)67-55/h18,20,28,30,36,38,43-46,48-55,57-59,61-65H,3-17,19,21-27,29,31-35,37,39-42H2,1-2H3,(H,56,60)/b20-18-,30-28+,38-36+. The number of hydrogen-bond acceptors (Lipinski definition) is 13. The molecule has 2 heterocycles. The Kier molecular flexibility index (Phi) is 38.2. The fraction of sp³-hybridized carbons (Fsp3) is 0.873. The molecular formula is C55H101NO13. The van der Waals surface area contributed by atoms with Crippen molar-refractivity contribution in [3.63, 3.8) is 0 Å². The van der Waals surface area contributed by atoms with E-state index in [1.165, 1.54) is 141 Å². The van der Waals surface area contributed by atoms with E-state index < -0.39 is 86.8 Å². The van der Waals surface area contributed by atoms with Gasteiger partial charge >= 0.3 is 0 Å². The van der Waals surface area contributed by atoms with Gasteiger partial charge in [0.15, 0.2) is 12.6 Å². The van der Waals surface area contributed by atoms with E-state index in [0.29, 0.717) is 12.8 Å². The van der Waals surface area contributed by atoms with E-state index >= 15 is 0 Å². The van der Waals surface area contributed by atoms with Crippen LogP contribution in [-0.4, -0.2) is 140 Å². The van der Waals surface area contributed by atoms with Crippen LogP contribution in [0.25, 0.3) is 0 Å². The minimum absolute atomic E-state index is 0.254. The lowest BCUT2D eigenvalue weighted by Gasteiger charge is -2.46. The van der Waals surface area contributed by atoms with Crippen LogP contribution in [0.5, 0.6) is 0 Å². The number of hydrogen-bond donors (Lipinski definition) is 9. The van der Waals surface area contributed by atoms with Gasteiger partial charge in [-0.05, 0) is 57.8 Å². The number of nitrogens with one attached hydrogen (secondary N) is 1. The molecule has 0 saturated carbocycles. The zero-order chi connectivity index (χ0) is 50.3. The molecule has 2 saturated heterocycles. The van der Waals surface area contributed by atoms with Crippen molar-refractivity contribution >= 4 is 5.91 Å². The first-order valence-corrected chi connectivity index (χ1v) is 27.7. The third-order valence-corrected chi connectivity index (χ3v) is 13.5. The first-order chi connectivity index (χ1) is 33.6. The first kappa shape index (κ1) is 63.3. The summed E-state index contributed by atoms with van der Waals surface area (Å²) in [6, 6.07) is -0.932. The number of amides is 1.